The molecular weight excluding hydrogens is 513 g/mol. The van der Waals surface area contributed by atoms with E-state index in [1.165, 1.54) is 10.9 Å². The summed E-state index contributed by atoms with van der Waals surface area (Å²) in [6, 6.07) is 9.21. The molecule has 4 aromatic heterocycles. The molecule has 1 saturated heterocycles. The smallest absolute Gasteiger partial charge is 0.230 e. The maximum atomic E-state index is 13.5. The number of H-pyrrole nitrogens is 1. The van der Waals surface area contributed by atoms with Crippen molar-refractivity contribution in [2.45, 2.75) is 46.1 Å². The third-order valence-electron chi connectivity index (χ3n) is 7.13. The largest absolute Gasteiger partial charge is 0.356 e. The van der Waals surface area contributed by atoms with Crippen LogP contribution in [0.1, 0.15) is 49.2 Å². The lowest BCUT2D eigenvalue weighted by Crippen LogP contribution is -2.49. The van der Waals surface area contributed by atoms with Gasteiger partial charge in [-0.15, -0.1) is 0 Å². The van der Waals surface area contributed by atoms with E-state index in [-0.39, 0.29) is 18.4 Å². The molecule has 0 unspecified atom stereocenters. The van der Waals surface area contributed by atoms with Crippen molar-refractivity contribution in [3.8, 4) is 11.9 Å². The van der Waals surface area contributed by atoms with Crippen molar-refractivity contribution >= 4 is 23.5 Å². The Morgan fingerprint density at radius 3 is 2.62 bits per heavy atom. The standard InChI is InChI=1S/C27H30FN11O/c1-17-13-24(35-26(32-17)34-22-12-18(2)36-37-22)38-10-7-27(6-9-29,8-11-38)25(40)33-19(3)20-4-5-23(30-14-20)39-16-21(28)15-31-39/h4-5,12-16,19H,6-8,10-11H2,1-3H3,(H,33,40)(H2,32,34,35,36,37)/t19-/m0/s1. The lowest BCUT2D eigenvalue weighted by Gasteiger charge is -2.40. The van der Waals surface area contributed by atoms with E-state index < -0.39 is 11.2 Å². The Morgan fingerprint density at radius 1 is 1.20 bits per heavy atom. The Balaban J connectivity index is 1.24. The molecule has 1 aliphatic rings. The third-order valence-corrected chi connectivity index (χ3v) is 7.13. The molecule has 13 heteroatoms. The Morgan fingerprint density at radius 2 is 2.00 bits per heavy atom. The Labute approximate surface area is 230 Å². The number of nitrogens with one attached hydrogen (secondary N) is 3. The molecule has 40 heavy (non-hydrogen) atoms. The van der Waals surface area contributed by atoms with Crippen LogP contribution in [0.25, 0.3) is 5.82 Å². The average molecular weight is 544 g/mol. The fraction of sp³-hybridized carbons (Fsp3) is 0.370. The molecule has 5 heterocycles. The first-order valence-corrected chi connectivity index (χ1v) is 13.0. The van der Waals surface area contributed by atoms with Crippen LogP contribution in [0, 0.1) is 36.4 Å². The zero-order chi connectivity index (χ0) is 28.3. The summed E-state index contributed by atoms with van der Waals surface area (Å²) < 4.78 is 14.6. The van der Waals surface area contributed by atoms with Gasteiger partial charge in [0.2, 0.25) is 11.9 Å². The lowest BCUT2D eigenvalue weighted by atomic mass is 9.75. The van der Waals surface area contributed by atoms with Gasteiger partial charge >= 0.3 is 0 Å². The van der Waals surface area contributed by atoms with Crippen LogP contribution in [-0.2, 0) is 4.79 Å². The van der Waals surface area contributed by atoms with E-state index in [1.807, 2.05) is 39.0 Å². The van der Waals surface area contributed by atoms with Gasteiger partial charge in [-0.25, -0.2) is 19.0 Å². The summed E-state index contributed by atoms with van der Waals surface area (Å²) in [5.41, 5.74) is 1.71. The first-order valence-electron chi connectivity index (χ1n) is 13.0. The molecule has 0 radical (unpaired) electrons. The molecule has 1 fully saturated rings. The van der Waals surface area contributed by atoms with Crippen molar-refractivity contribution < 1.29 is 9.18 Å². The van der Waals surface area contributed by atoms with E-state index >= 15 is 0 Å². The summed E-state index contributed by atoms with van der Waals surface area (Å²) >= 11 is 0. The Hall–Kier alpha value is -4.86. The number of aryl methyl sites for hydroxylation is 2. The highest BCUT2D eigenvalue weighted by Crippen LogP contribution is 2.37. The first-order chi connectivity index (χ1) is 19.2. The SMILES string of the molecule is Cc1cc(N2CCC(CC#N)(C(=O)N[C@@H](C)c3ccc(-n4cc(F)cn4)nc3)CC2)nc(Nc2cc(C)[nH]n2)n1. The summed E-state index contributed by atoms with van der Waals surface area (Å²) in [6.45, 7) is 6.82. The summed E-state index contributed by atoms with van der Waals surface area (Å²) in [5, 5.41) is 26.8. The van der Waals surface area contributed by atoms with E-state index in [4.69, 9.17) is 0 Å². The minimum atomic E-state index is -0.810. The zero-order valence-corrected chi connectivity index (χ0v) is 22.5. The second-order valence-corrected chi connectivity index (χ2v) is 10.1. The molecule has 0 spiro atoms. The van der Waals surface area contributed by atoms with Crippen molar-refractivity contribution in [1.29, 1.82) is 5.26 Å². The van der Waals surface area contributed by atoms with Crippen molar-refractivity contribution in [3.05, 3.63) is 65.6 Å². The molecule has 1 amide bonds. The summed E-state index contributed by atoms with van der Waals surface area (Å²) in [4.78, 5) is 29.1. The van der Waals surface area contributed by atoms with Gasteiger partial charge in [-0.1, -0.05) is 6.07 Å². The molecule has 0 bridgehead atoms. The highest BCUT2D eigenvalue weighted by molar-refractivity contribution is 5.83. The van der Waals surface area contributed by atoms with E-state index in [2.05, 4.69) is 51.9 Å². The van der Waals surface area contributed by atoms with Crippen LogP contribution in [0.15, 0.2) is 42.9 Å². The van der Waals surface area contributed by atoms with Crippen LogP contribution in [0.4, 0.5) is 22.0 Å². The number of pyridine rings is 1. The van der Waals surface area contributed by atoms with Crippen molar-refractivity contribution in [1.82, 2.24) is 40.2 Å². The summed E-state index contributed by atoms with van der Waals surface area (Å²) in [7, 11) is 0. The number of aromatic nitrogens is 7. The van der Waals surface area contributed by atoms with Gasteiger partial charge in [-0.05, 0) is 45.2 Å². The quantitative estimate of drug-likeness (QED) is 0.302. The number of aromatic amines is 1. The van der Waals surface area contributed by atoms with Gasteiger partial charge < -0.3 is 15.5 Å². The molecule has 1 atom stereocenters. The summed E-state index contributed by atoms with van der Waals surface area (Å²) in [5.74, 6) is 1.69. The van der Waals surface area contributed by atoms with Gasteiger partial charge in [-0.2, -0.15) is 20.4 Å². The molecule has 0 aromatic carbocycles. The molecule has 0 saturated carbocycles. The minimum absolute atomic E-state index is 0.121. The number of rotatable bonds is 8. The molecule has 3 N–H and O–H groups in total. The number of carbonyl (C=O) groups is 1. The highest BCUT2D eigenvalue weighted by Gasteiger charge is 2.42. The topological polar surface area (TPSA) is 153 Å². The fourth-order valence-corrected chi connectivity index (χ4v) is 4.81. The van der Waals surface area contributed by atoms with Crippen molar-refractivity contribution in [2.75, 3.05) is 23.3 Å². The number of amides is 1. The van der Waals surface area contributed by atoms with Crippen LogP contribution in [0.5, 0.6) is 0 Å². The molecule has 1 aliphatic heterocycles. The number of anilines is 3. The average Bonchev–Trinajstić information content (AvgIpc) is 3.56. The predicted octanol–water partition coefficient (Wildman–Crippen LogP) is 3.66. The lowest BCUT2D eigenvalue weighted by molar-refractivity contribution is -0.132. The number of piperidine rings is 1. The van der Waals surface area contributed by atoms with Gasteiger partial charge in [-0.3, -0.25) is 9.89 Å². The van der Waals surface area contributed by atoms with Crippen LogP contribution in [0.2, 0.25) is 0 Å². The summed E-state index contributed by atoms with van der Waals surface area (Å²) in [6.07, 6.45) is 5.12. The third kappa shape index (κ3) is 5.75. The predicted molar refractivity (Wildman–Crippen MR) is 145 cm³/mol. The number of carbonyl (C=O) groups excluding carboxylic acids is 1. The molecule has 4 aromatic rings. The van der Waals surface area contributed by atoms with Crippen LogP contribution in [0.3, 0.4) is 0 Å². The Kier molecular flexibility index (Phi) is 7.41. The number of nitrogens with zero attached hydrogens (tertiary/aromatic N) is 8. The van der Waals surface area contributed by atoms with E-state index in [0.717, 1.165) is 29.0 Å². The number of halogens is 1. The molecule has 206 valence electrons. The molecule has 0 aliphatic carbocycles. The normalized spacial score (nSPS) is 15.3. The van der Waals surface area contributed by atoms with Gasteiger partial charge in [0.15, 0.2) is 17.5 Å². The second kappa shape index (κ2) is 11.1. The number of hydrogen-bond acceptors (Lipinski definition) is 9. The van der Waals surface area contributed by atoms with E-state index in [0.29, 0.717) is 43.5 Å². The van der Waals surface area contributed by atoms with Crippen molar-refractivity contribution in [2.24, 2.45) is 5.41 Å². The van der Waals surface area contributed by atoms with Crippen molar-refractivity contribution in [3.63, 3.8) is 0 Å². The Bertz CT molecular complexity index is 1530. The highest BCUT2D eigenvalue weighted by atomic mass is 19.1. The van der Waals surface area contributed by atoms with Crippen LogP contribution in [-0.4, -0.2) is 53.9 Å². The zero-order valence-electron chi connectivity index (χ0n) is 22.5. The number of nitriles is 1. The van der Waals surface area contributed by atoms with Gasteiger partial charge in [0.1, 0.15) is 5.82 Å². The maximum Gasteiger partial charge on any atom is 0.230 e. The van der Waals surface area contributed by atoms with Gasteiger partial charge in [0.05, 0.1) is 29.9 Å². The maximum absolute atomic E-state index is 13.5. The second-order valence-electron chi connectivity index (χ2n) is 10.1. The van der Waals surface area contributed by atoms with E-state index in [1.54, 1.807) is 12.3 Å². The van der Waals surface area contributed by atoms with Crippen LogP contribution >= 0.6 is 0 Å². The molecule has 12 nitrogen and oxygen atoms in total. The fourth-order valence-electron chi connectivity index (χ4n) is 4.81. The minimum Gasteiger partial charge on any atom is -0.356 e. The molecular formula is C27H30FN11O. The monoisotopic (exact) mass is 543 g/mol. The number of hydrogen-bond donors (Lipinski definition) is 3. The van der Waals surface area contributed by atoms with Gasteiger partial charge in [0.25, 0.3) is 0 Å². The van der Waals surface area contributed by atoms with E-state index in [9.17, 15) is 14.4 Å². The first kappa shape index (κ1) is 26.7. The van der Waals surface area contributed by atoms with Crippen LogP contribution < -0.4 is 15.5 Å². The molecule has 5 rings (SSSR count). The van der Waals surface area contributed by atoms with Gasteiger partial charge in [0, 0.05) is 49.2 Å².